The van der Waals surface area contributed by atoms with E-state index in [0.29, 0.717) is 12.4 Å². The number of nitrogens with zero attached hydrogens (tertiary/aromatic N) is 2. The maximum atomic E-state index is 12.8. The number of nitrogens with one attached hydrogen (secondary N) is 1. The highest BCUT2D eigenvalue weighted by Gasteiger charge is 2.19. The lowest BCUT2D eigenvalue weighted by Crippen LogP contribution is -2.24. The molecular weight excluding hydrogens is 386 g/mol. The molecule has 3 heterocycles. The van der Waals surface area contributed by atoms with Crippen molar-refractivity contribution in [1.82, 2.24) is 14.5 Å². The summed E-state index contributed by atoms with van der Waals surface area (Å²) in [7, 11) is 0. The van der Waals surface area contributed by atoms with Crippen molar-refractivity contribution >= 4 is 10.9 Å². The number of hydrogen-bond donors (Lipinski definition) is 1. The molecule has 1 N–H and O–H groups in total. The zero-order valence-electron chi connectivity index (χ0n) is 17.1. The van der Waals surface area contributed by atoms with E-state index in [1.54, 1.807) is 16.8 Å². The molecule has 0 saturated carbocycles. The number of pyridine rings is 1. The largest absolute Gasteiger partial charge is 0.489 e. The van der Waals surface area contributed by atoms with E-state index in [0.717, 1.165) is 37.3 Å². The Morgan fingerprint density at radius 2 is 1.90 bits per heavy atom. The second kappa shape index (κ2) is 8.82. The lowest BCUT2D eigenvalue weighted by molar-refractivity contribution is 0.305. The summed E-state index contributed by atoms with van der Waals surface area (Å²) in [6, 6.07) is 19.7. The Hall–Kier alpha value is -3.31. The van der Waals surface area contributed by atoms with Crippen molar-refractivity contribution in [2.75, 3.05) is 6.54 Å². The monoisotopic (exact) mass is 415 g/mol. The maximum absolute atomic E-state index is 12.8. The van der Waals surface area contributed by atoms with Crippen LogP contribution >= 0.6 is 0 Å². The maximum Gasteiger partial charge on any atom is 0.258 e. The van der Waals surface area contributed by atoms with E-state index >= 15 is 0 Å². The molecule has 1 aliphatic heterocycles. The number of benzene rings is 2. The highest BCUT2D eigenvalue weighted by Crippen LogP contribution is 2.30. The number of aromatic nitrogens is 2. The fraction of sp³-hybridized carbons (Fsp3) is 0.269. The SMILES string of the molecule is C.CCn1c2c(c3ccc(-n4ccc(OCc5ccccc5)cc4=O)cc31)CNCC2. The summed E-state index contributed by atoms with van der Waals surface area (Å²) in [5, 5.41) is 4.75. The molecule has 2 aromatic carbocycles. The molecule has 5 rings (SSSR count). The number of fused-ring (bicyclic) bond motifs is 3. The van der Waals surface area contributed by atoms with Gasteiger partial charge in [-0.3, -0.25) is 9.36 Å². The smallest absolute Gasteiger partial charge is 0.258 e. The molecule has 0 spiro atoms. The van der Waals surface area contributed by atoms with Gasteiger partial charge in [0.15, 0.2) is 0 Å². The molecule has 0 amide bonds. The van der Waals surface area contributed by atoms with Gasteiger partial charge >= 0.3 is 0 Å². The zero-order valence-corrected chi connectivity index (χ0v) is 17.1. The van der Waals surface area contributed by atoms with Gasteiger partial charge in [0.05, 0.1) is 11.2 Å². The van der Waals surface area contributed by atoms with Gasteiger partial charge in [-0.2, -0.15) is 0 Å². The van der Waals surface area contributed by atoms with Gasteiger partial charge in [-0.05, 0) is 36.2 Å². The molecule has 0 unspecified atom stereocenters. The van der Waals surface area contributed by atoms with E-state index in [4.69, 9.17) is 4.74 Å². The van der Waals surface area contributed by atoms with Crippen LogP contribution in [0, 0.1) is 0 Å². The van der Waals surface area contributed by atoms with Crippen LogP contribution in [0.15, 0.2) is 71.7 Å². The third-order valence-corrected chi connectivity index (χ3v) is 5.85. The van der Waals surface area contributed by atoms with Crippen molar-refractivity contribution < 1.29 is 4.74 Å². The number of rotatable bonds is 5. The van der Waals surface area contributed by atoms with E-state index in [1.165, 1.54) is 22.2 Å². The Bertz CT molecular complexity index is 1260. The van der Waals surface area contributed by atoms with Crippen LogP contribution in [0.25, 0.3) is 16.6 Å². The fourth-order valence-electron chi connectivity index (χ4n) is 4.38. The first-order valence-electron chi connectivity index (χ1n) is 10.5. The van der Waals surface area contributed by atoms with Crippen LogP contribution < -0.4 is 15.6 Å². The predicted octanol–water partition coefficient (Wildman–Crippen LogP) is 4.67. The average Bonchev–Trinajstić information content (AvgIpc) is 3.11. The van der Waals surface area contributed by atoms with Gasteiger partial charge in [0.2, 0.25) is 0 Å². The summed E-state index contributed by atoms with van der Waals surface area (Å²) >= 11 is 0. The van der Waals surface area contributed by atoms with Gasteiger partial charge in [0, 0.05) is 49.4 Å². The minimum absolute atomic E-state index is 0. The Balaban J connectivity index is 0.00000231. The van der Waals surface area contributed by atoms with Gasteiger partial charge in [-0.25, -0.2) is 0 Å². The van der Waals surface area contributed by atoms with Crippen molar-refractivity contribution in [3.05, 3.63) is 94.0 Å². The fourth-order valence-corrected chi connectivity index (χ4v) is 4.38. The number of ether oxygens (including phenoxy) is 1. The van der Waals surface area contributed by atoms with Gasteiger partial charge in [-0.1, -0.05) is 43.8 Å². The van der Waals surface area contributed by atoms with Crippen LogP contribution in [-0.4, -0.2) is 15.7 Å². The van der Waals surface area contributed by atoms with Crippen LogP contribution in [0.2, 0.25) is 0 Å². The predicted molar refractivity (Wildman–Crippen MR) is 126 cm³/mol. The number of aryl methyl sites for hydroxylation is 1. The first-order chi connectivity index (χ1) is 14.7. The van der Waals surface area contributed by atoms with Crippen molar-refractivity contribution in [3.63, 3.8) is 0 Å². The van der Waals surface area contributed by atoms with Gasteiger partial charge in [0.1, 0.15) is 12.4 Å². The summed E-state index contributed by atoms with van der Waals surface area (Å²) in [6.45, 7) is 5.47. The highest BCUT2D eigenvalue weighted by atomic mass is 16.5. The molecule has 160 valence electrons. The standard InChI is InChI=1S/C25H25N3O2.CH4/c1-2-27-23-10-12-26-16-22(23)21-9-8-19(14-24(21)27)28-13-11-20(15-25(28)29)30-17-18-6-4-3-5-7-18;/h3-9,11,13-15,26H,2,10,12,16-17H2,1H3;1H4. The van der Waals surface area contributed by atoms with E-state index in [-0.39, 0.29) is 13.0 Å². The van der Waals surface area contributed by atoms with E-state index in [1.807, 2.05) is 42.5 Å². The Labute approximate surface area is 182 Å². The molecular formula is C26H29N3O2. The van der Waals surface area contributed by atoms with Gasteiger partial charge in [-0.15, -0.1) is 0 Å². The van der Waals surface area contributed by atoms with Crippen molar-refractivity contribution in [3.8, 4) is 11.4 Å². The molecule has 5 heteroatoms. The lowest BCUT2D eigenvalue weighted by Gasteiger charge is -2.16. The van der Waals surface area contributed by atoms with Crippen molar-refractivity contribution in [2.24, 2.45) is 0 Å². The first-order valence-corrected chi connectivity index (χ1v) is 10.5. The van der Waals surface area contributed by atoms with E-state index in [9.17, 15) is 4.79 Å². The second-order valence-electron chi connectivity index (χ2n) is 7.64. The summed E-state index contributed by atoms with van der Waals surface area (Å²) in [4.78, 5) is 12.8. The normalized spacial score (nSPS) is 12.9. The third kappa shape index (κ3) is 3.89. The minimum Gasteiger partial charge on any atom is -0.489 e. The summed E-state index contributed by atoms with van der Waals surface area (Å²) in [6.07, 6.45) is 2.84. The Morgan fingerprint density at radius 3 is 2.68 bits per heavy atom. The number of hydrogen-bond acceptors (Lipinski definition) is 3. The Morgan fingerprint density at radius 1 is 1.06 bits per heavy atom. The molecule has 1 aliphatic rings. The highest BCUT2D eigenvalue weighted by molar-refractivity contribution is 5.87. The van der Waals surface area contributed by atoms with Crippen LogP contribution in [0.3, 0.4) is 0 Å². The van der Waals surface area contributed by atoms with Gasteiger partial charge in [0.25, 0.3) is 5.56 Å². The molecule has 0 atom stereocenters. The molecule has 0 aliphatic carbocycles. The second-order valence-corrected chi connectivity index (χ2v) is 7.64. The van der Waals surface area contributed by atoms with E-state index in [2.05, 4.69) is 28.9 Å². The van der Waals surface area contributed by atoms with Crippen molar-refractivity contribution in [1.29, 1.82) is 0 Å². The van der Waals surface area contributed by atoms with Crippen LogP contribution in [0.1, 0.15) is 31.2 Å². The summed E-state index contributed by atoms with van der Waals surface area (Å²) in [5.74, 6) is 0.583. The third-order valence-electron chi connectivity index (χ3n) is 5.85. The first kappa shape index (κ1) is 20.9. The molecule has 2 aromatic heterocycles. The van der Waals surface area contributed by atoms with Gasteiger partial charge < -0.3 is 14.6 Å². The topological polar surface area (TPSA) is 48.2 Å². The van der Waals surface area contributed by atoms with E-state index < -0.39 is 0 Å². The average molecular weight is 416 g/mol. The van der Waals surface area contributed by atoms with Crippen molar-refractivity contribution in [2.45, 2.75) is 40.5 Å². The molecule has 31 heavy (non-hydrogen) atoms. The molecule has 5 nitrogen and oxygen atoms in total. The molecule has 0 saturated heterocycles. The quantitative estimate of drug-likeness (QED) is 0.515. The minimum atomic E-state index is -0.0963. The summed E-state index contributed by atoms with van der Waals surface area (Å²) < 4.78 is 9.87. The summed E-state index contributed by atoms with van der Waals surface area (Å²) in [5.41, 5.74) is 5.86. The Kier molecular flexibility index (Phi) is 5.96. The molecule has 0 bridgehead atoms. The van der Waals surface area contributed by atoms with Crippen LogP contribution in [0.4, 0.5) is 0 Å². The zero-order chi connectivity index (χ0) is 20.5. The molecule has 0 fully saturated rings. The molecule has 0 radical (unpaired) electrons. The van der Waals surface area contributed by atoms with Crippen LogP contribution in [0.5, 0.6) is 5.75 Å². The van der Waals surface area contributed by atoms with Crippen LogP contribution in [-0.2, 0) is 26.1 Å². The molecule has 4 aromatic rings. The lowest BCUT2D eigenvalue weighted by atomic mass is 10.1.